The monoisotopic (exact) mass is 384 g/mol. The molecule has 0 unspecified atom stereocenters. The van der Waals surface area contributed by atoms with Gasteiger partial charge in [0.2, 0.25) is 0 Å². The molecule has 1 aliphatic rings. The lowest BCUT2D eigenvalue weighted by Crippen LogP contribution is -2.36. The summed E-state index contributed by atoms with van der Waals surface area (Å²) in [6, 6.07) is 9.65. The fraction of sp³-hybridized carbons (Fsp3) is 0.333. The predicted octanol–water partition coefficient (Wildman–Crippen LogP) is 1.76. The van der Waals surface area contributed by atoms with Crippen LogP contribution in [0, 0.1) is 0 Å². The van der Waals surface area contributed by atoms with Crippen LogP contribution in [-0.2, 0) is 4.74 Å². The lowest BCUT2D eigenvalue weighted by atomic mass is 10.3. The molecule has 9 heteroatoms. The molecule has 8 nitrogen and oxygen atoms in total. The predicted molar refractivity (Wildman–Crippen MR) is 106 cm³/mol. The molecule has 2 aromatic heterocycles. The van der Waals surface area contributed by atoms with E-state index in [2.05, 4.69) is 30.5 Å². The minimum absolute atomic E-state index is 0.158. The average molecular weight is 384 g/mol. The van der Waals surface area contributed by atoms with Crippen molar-refractivity contribution in [3.63, 3.8) is 0 Å². The number of hydrogen-bond donors (Lipinski definition) is 2. The van der Waals surface area contributed by atoms with Crippen LogP contribution < -0.4 is 15.5 Å². The second-order valence-electron chi connectivity index (χ2n) is 6.03. The maximum atomic E-state index is 12.3. The first-order valence-corrected chi connectivity index (χ1v) is 9.63. The fourth-order valence-electron chi connectivity index (χ4n) is 2.82. The molecule has 0 bridgehead atoms. The number of amides is 1. The average Bonchev–Trinajstić information content (AvgIpc) is 3.16. The van der Waals surface area contributed by atoms with Gasteiger partial charge in [0, 0.05) is 32.2 Å². The van der Waals surface area contributed by atoms with Gasteiger partial charge in [-0.3, -0.25) is 4.79 Å². The summed E-state index contributed by atoms with van der Waals surface area (Å²) in [5.74, 6) is 1.46. The minimum atomic E-state index is -0.158. The Morgan fingerprint density at radius 2 is 2.04 bits per heavy atom. The number of morpholine rings is 1. The first kappa shape index (κ1) is 17.6. The van der Waals surface area contributed by atoms with Crippen LogP contribution in [-0.4, -0.2) is 60.3 Å². The molecule has 0 aliphatic carbocycles. The molecule has 1 aromatic carbocycles. The normalized spacial score (nSPS) is 14.3. The van der Waals surface area contributed by atoms with Gasteiger partial charge in [-0.1, -0.05) is 12.1 Å². The topological polar surface area (TPSA) is 92.3 Å². The number of benzene rings is 1. The number of carbonyl (C=O) groups excluding carboxylic acids is 1. The third kappa shape index (κ3) is 4.32. The Labute approximate surface area is 160 Å². The molecule has 0 atom stereocenters. The Kier molecular flexibility index (Phi) is 5.40. The van der Waals surface area contributed by atoms with Crippen molar-refractivity contribution in [1.29, 1.82) is 0 Å². The summed E-state index contributed by atoms with van der Waals surface area (Å²) in [7, 11) is 0. The fourth-order valence-corrected chi connectivity index (χ4v) is 3.70. The second kappa shape index (κ2) is 8.28. The molecule has 0 radical (unpaired) electrons. The smallest absolute Gasteiger partial charge is 0.280 e. The molecule has 27 heavy (non-hydrogen) atoms. The Bertz CT molecular complexity index is 892. The highest BCUT2D eigenvalue weighted by molar-refractivity contribution is 7.20. The number of anilines is 2. The van der Waals surface area contributed by atoms with E-state index in [1.54, 1.807) is 6.33 Å². The van der Waals surface area contributed by atoms with Gasteiger partial charge in [-0.15, -0.1) is 11.3 Å². The van der Waals surface area contributed by atoms with E-state index in [9.17, 15) is 4.79 Å². The van der Waals surface area contributed by atoms with Crippen molar-refractivity contribution in [2.75, 3.05) is 49.6 Å². The molecule has 1 fully saturated rings. The number of nitrogens with one attached hydrogen (secondary N) is 2. The van der Waals surface area contributed by atoms with E-state index < -0.39 is 0 Å². The molecule has 140 valence electrons. The van der Waals surface area contributed by atoms with Gasteiger partial charge in [0.25, 0.3) is 5.91 Å². The van der Waals surface area contributed by atoms with Gasteiger partial charge in [0.15, 0.2) is 5.01 Å². The van der Waals surface area contributed by atoms with Crippen molar-refractivity contribution in [2.24, 2.45) is 0 Å². The first-order valence-electron chi connectivity index (χ1n) is 8.82. The third-order valence-electron chi connectivity index (χ3n) is 4.19. The largest absolute Gasteiger partial charge is 0.378 e. The highest BCUT2D eigenvalue weighted by Crippen LogP contribution is 2.21. The van der Waals surface area contributed by atoms with Gasteiger partial charge in [0.05, 0.1) is 23.4 Å². The van der Waals surface area contributed by atoms with E-state index >= 15 is 0 Å². The second-order valence-corrected chi connectivity index (χ2v) is 7.06. The Morgan fingerprint density at radius 1 is 1.19 bits per heavy atom. The quantitative estimate of drug-likeness (QED) is 0.626. The molecular formula is C18H20N6O2S. The molecule has 0 saturated carbocycles. The van der Waals surface area contributed by atoms with Crippen LogP contribution in [0.5, 0.6) is 0 Å². The number of carbonyl (C=O) groups is 1. The number of hydrogen-bond acceptors (Lipinski definition) is 8. The Morgan fingerprint density at radius 3 is 2.89 bits per heavy atom. The van der Waals surface area contributed by atoms with Gasteiger partial charge < -0.3 is 20.3 Å². The Hall–Kier alpha value is -2.78. The zero-order chi connectivity index (χ0) is 18.5. The van der Waals surface area contributed by atoms with Crippen LogP contribution in [0.15, 0.2) is 36.7 Å². The van der Waals surface area contributed by atoms with Gasteiger partial charge in [-0.25, -0.2) is 15.0 Å². The molecule has 3 heterocycles. The molecule has 1 aliphatic heterocycles. The van der Waals surface area contributed by atoms with E-state index in [-0.39, 0.29) is 5.91 Å². The van der Waals surface area contributed by atoms with E-state index in [1.807, 2.05) is 30.3 Å². The standard InChI is InChI=1S/C18H20N6O2S/c25-17(18-23-13-3-1-2-4-14(13)27-18)20-6-5-19-15-11-16(22-12-21-15)24-7-9-26-10-8-24/h1-4,11-12H,5-10H2,(H,20,25)(H,19,21,22). The molecule has 0 spiro atoms. The first-order chi connectivity index (χ1) is 13.3. The highest BCUT2D eigenvalue weighted by Gasteiger charge is 2.13. The van der Waals surface area contributed by atoms with Gasteiger partial charge in [-0.2, -0.15) is 0 Å². The number of fused-ring (bicyclic) bond motifs is 1. The summed E-state index contributed by atoms with van der Waals surface area (Å²) < 4.78 is 6.38. The van der Waals surface area contributed by atoms with E-state index in [1.165, 1.54) is 11.3 Å². The maximum Gasteiger partial charge on any atom is 0.280 e. The maximum absolute atomic E-state index is 12.3. The van der Waals surface area contributed by atoms with E-state index in [4.69, 9.17) is 4.74 Å². The van der Waals surface area contributed by atoms with Crippen molar-refractivity contribution in [3.8, 4) is 0 Å². The Balaban J connectivity index is 1.27. The lowest BCUT2D eigenvalue weighted by molar-refractivity contribution is 0.0955. The van der Waals surface area contributed by atoms with Crippen LogP contribution in [0.3, 0.4) is 0 Å². The molecule has 1 saturated heterocycles. The highest BCUT2D eigenvalue weighted by atomic mass is 32.1. The molecule has 3 aromatic rings. The summed E-state index contributed by atoms with van der Waals surface area (Å²) in [4.78, 5) is 27.3. The molecule has 1 amide bonds. The van der Waals surface area contributed by atoms with Crippen LogP contribution in [0.2, 0.25) is 0 Å². The number of aromatic nitrogens is 3. The van der Waals surface area contributed by atoms with Crippen LogP contribution >= 0.6 is 11.3 Å². The number of thiazole rings is 1. The van der Waals surface area contributed by atoms with Crippen LogP contribution in [0.4, 0.5) is 11.6 Å². The van der Waals surface area contributed by atoms with Crippen molar-refractivity contribution in [2.45, 2.75) is 0 Å². The minimum Gasteiger partial charge on any atom is -0.378 e. The summed E-state index contributed by atoms with van der Waals surface area (Å²) >= 11 is 1.40. The van der Waals surface area contributed by atoms with Crippen molar-refractivity contribution >= 4 is 39.1 Å². The molecule has 2 N–H and O–H groups in total. The van der Waals surface area contributed by atoms with Gasteiger partial charge in [-0.05, 0) is 12.1 Å². The summed E-state index contributed by atoms with van der Waals surface area (Å²) in [5.41, 5.74) is 0.849. The number of nitrogens with zero attached hydrogens (tertiary/aromatic N) is 4. The van der Waals surface area contributed by atoms with Crippen LogP contribution in [0.1, 0.15) is 9.80 Å². The van der Waals surface area contributed by atoms with Gasteiger partial charge >= 0.3 is 0 Å². The number of para-hydroxylation sites is 1. The SMILES string of the molecule is O=C(NCCNc1cc(N2CCOCC2)ncn1)c1nc2ccccc2s1. The van der Waals surface area contributed by atoms with Crippen LogP contribution in [0.25, 0.3) is 10.2 Å². The van der Waals surface area contributed by atoms with E-state index in [0.29, 0.717) is 31.3 Å². The zero-order valence-corrected chi connectivity index (χ0v) is 15.5. The lowest BCUT2D eigenvalue weighted by Gasteiger charge is -2.27. The summed E-state index contributed by atoms with van der Waals surface area (Å²) in [5, 5.41) is 6.58. The molecule has 4 rings (SSSR count). The van der Waals surface area contributed by atoms with Crippen molar-refractivity contribution in [3.05, 3.63) is 41.7 Å². The van der Waals surface area contributed by atoms with Crippen molar-refractivity contribution < 1.29 is 9.53 Å². The van der Waals surface area contributed by atoms with E-state index in [0.717, 1.165) is 34.9 Å². The molecular weight excluding hydrogens is 364 g/mol. The van der Waals surface area contributed by atoms with Crippen molar-refractivity contribution in [1.82, 2.24) is 20.3 Å². The summed E-state index contributed by atoms with van der Waals surface area (Å²) in [6.45, 7) is 4.13. The van der Waals surface area contributed by atoms with Gasteiger partial charge in [0.1, 0.15) is 18.0 Å². The third-order valence-corrected chi connectivity index (χ3v) is 5.23. The number of rotatable bonds is 6. The number of ether oxygens (including phenoxy) is 1. The summed E-state index contributed by atoms with van der Waals surface area (Å²) in [6.07, 6.45) is 1.55. The zero-order valence-electron chi connectivity index (χ0n) is 14.7.